The molecule has 0 aliphatic carbocycles. The van der Waals surface area contributed by atoms with E-state index < -0.39 is 18.0 Å². The molecule has 5 nitrogen and oxygen atoms in total. The summed E-state index contributed by atoms with van der Waals surface area (Å²) >= 11 is 0. The van der Waals surface area contributed by atoms with Crippen LogP contribution < -0.4 is 9.47 Å². The first-order valence-electron chi connectivity index (χ1n) is 7.16. The molecule has 0 heterocycles. The molecule has 0 fully saturated rings. The van der Waals surface area contributed by atoms with Crippen LogP contribution in [0.15, 0.2) is 42.5 Å². The number of carboxylic acid groups (broad SMARTS) is 1. The number of esters is 1. The van der Waals surface area contributed by atoms with Gasteiger partial charge in [0, 0.05) is 0 Å². The molecule has 1 N–H and O–H groups in total. The lowest BCUT2D eigenvalue weighted by molar-refractivity contribution is -0.141. The summed E-state index contributed by atoms with van der Waals surface area (Å²) in [6, 6.07) is 11.7. The molecular weight excluding hydrogens is 296 g/mol. The van der Waals surface area contributed by atoms with Crippen LogP contribution in [0.3, 0.4) is 0 Å². The molecule has 0 aliphatic rings. The minimum Gasteiger partial charge on any atom is -0.479 e. The minimum atomic E-state index is -1.16. The van der Waals surface area contributed by atoms with Crippen molar-refractivity contribution in [2.24, 2.45) is 0 Å². The highest BCUT2D eigenvalue weighted by Gasteiger charge is 2.21. The zero-order chi connectivity index (χ0) is 17.0. The number of aromatic carboxylic acids is 1. The number of hydrogen-bond donors (Lipinski definition) is 1. The van der Waals surface area contributed by atoms with Gasteiger partial charge in [0.1, 0.15) is 17.1 Å². The van der Waals surface area contributed by atoms with Gasteiger partial charge in [0.2, 0.25) is 0 Å². The van der Waals surface area contributed by atoms with E-state index in [0.717, 1.165) is 11.1 Å². The molecule has 2 aromatic carbocycles. The quantitative estimate of drug-likeness (QED) is 0.676. The Morgan fingerprint density at radius 2 is 1.74 bits per heavy atom. The molecular formula is C18H18O5. The van der Waals surface area contributed by atoms with Crippen LogP contribution in [-0.4, -0.2) is 23.1 Å². The van der Waals surface area contributed by atoms with Gasteiger partial charge in [-0.15, -0.1) is 0 Å². The number of carboxylic acids is 1. The summed E-state index contributed by atoms with van der Waals surface area (Å²) in [6.07, 6.45) is -0.864. The van der Waals surface area contributed by atoms with E-state index in [1.807, 2.05) is 32.0 Å². The van der Waals surface area contributed by atoms with Gasteiger partial charge in [0.25, 0.3) is 0 Å². The Balaban J connectivity index is 2.12. The number of para-hydroxylation sites is 1. The third-order valence-corrected chi connectivity index (χ3v) is 3.31. The van der Waals surface area contributed by atoms with E-state index in [2.05, 4.69) is 0 Å². The maximum atomic E-state index is 12.1. The highest BCUT2D eigenvalue weighted by molar-refractivity contribution is 5.92. The highest BCUT2D eigenvalue weighted by Crippen LogP contribution is 2.22. The topological polar surface area (TPSA) is 72.8 Å². The van der Waals surface area contributed by atoms with E-state index in [4.69, 9.17) is 14.6 Å². The van der Waals surface area contributed by atoms with E-state index in [0.29, 0.717) is 5.75 Å². The molecule has 120 valence electrons. The monoisotopic (exact) mass is 314 g/mol. The highest BCUT2D eigenvalue weighted by atomic mass is 16.6. The van der Waals surface area contributed by atoms with Crippen LogP contribution in [-0.2, 0) is 4.79 Å². The smallest absolute Gasteiger partial charge is 0.352 e. The normalized spacial score (nSPS) is 11.6. The largest absolute Gasteiger partial charge is 0.479 e. The van der Waals surface area contributed by atoms with Crippen LogP contribution in [0, 0.1) is 13.8 Å². The van der Waals surface area contributed by atoms with Crippen molar-refractivity contribution in [2.45, 2.75) is 26.9 Å². The van der Waals surface area contributed by atoms with Gasteiger partial charge in [-0.1, -0.05) is 24.3 Å². The van der Waals surface area contributed by atoms with E-state index in [1.54, 1.807) is 19.1 Å². The third-order valence-electron chi connectivity index (χ3n) is 3.31. The standard InChI is InChI=1S/C18H18O5/c1-11-8-9-12(2)16(10-11)22-13(3)18(21)23-15-7-5-4-6-14(15)17(19)20/h4-10,13H,1-3H3,(H,19,20). The van der Waals surface area contributed by atoms with Crippen molar-refractivity contribution in [1.82, 2.24) is 0 Å². The first-order chi connectivity index (χ1) is 10.9. The molecule has 23 heavy (non-hydrogen) atoms. The van der Waals surface area contributed by atoms with Gasteiger partial charge in [0.05, 0.1) is 0 Å². The molecule has 2 aromatic rings. The first kappa shape index (κ1) is 16.5. The summed E-state index contributed by atoms with van der Waals surface area (Å²) in [4.78, 5) is 23.3. The molecule has 0 aliphatic heterocycles. The van der Waals surface area contributed by atoms with Gasteiger partial charge in [-0.3, -0.25) is 0 Å². The molecule has 0 saturated carbocycles. The lowest BCUT2D eigenvalue weighted by atomic mass is 10.1. The predicted octanol–water partition coefficient (Wildman–Crippen LogP) is 3.37. The molecule has 1 atom stereocenters. The fourth-order valence-electron chi connectivity index (χ4n) is 2.00. The second-order valence-electron chi connectivity index (χ2n) is 5.25. The maximum Gasteiger partial charge on any atom is 0.352 e. The van der Waals surface area contributed by atoms with E-state index in [1.165, 1.54) is 12.1 Å². The fraction of sp³-hybridized carbons (Fsp3) is 0.222. The van der Waals surface area contributed by atoms with E-state index >= 15 is 0 Å². The Labute approximate surface area is 134 Å². The molecule has 5 heteroatoms. The number of rotatable bonds is 5. The average molecular weight is 314 g/mol. The van der Waals surface area contributed by atoms with Crippen LogP contribution in [0.25, 0.3) is 0 Å². The van der Waals surface area contributed by atoms with Crippen LogP contribution in [0.1, 0.15) is 28.4 Å². The predicted molar refractivity (Wildman–Crippen MR) is 85.0 cm³/mol. The van der Waals surface area contributed by atoms with Crippen molar-refractivity contribution in [3.63, 3.8) is 0 Å². The lowest BCUT2D eigenvalue weighted by Gasteiger charge is -2.16. The number of carbonyl (C=O) groups excluding carboxylic acids is 1. The Bertz CT molecular complexity index is 736. The number of benzene rings is 2. The van der Waals surface area contributed by atoms with Crippen molar-refractivity contribution in [3.8, 4) is 11.5 Å². The molecule has 0 amide bonds. The fourth-order valence-corrected chi connectivity index (χ4v) is 2.00. The summed E-state index contributed by atoms with van der Waals surface area (Å²) in [5.74, 6) is -1.21. The number of aryl methyl sites for hydroxylation is 2. The van der Waals surface area contributed by atoms with Gasteiger partial charge in [0.15, 0.2) is 6.10 Å². The van der Waals surface area contributed by atoms with Crippen molar-refractivity contribution in [2.75, 3.05) is 0 Å². The summed E-state index contributed by atoms with van der Waals surface area (Å²) < 4.78 is 10.8. The SMILES string of the molecule is Cc1ccc(C)c(OC(C)C(=O)Oc2ccccc2C(=O)O)c1. The summed E-state index contributed by atoms with van der Waals surface area (Å²) in [5.41, 5.74) is 1.85. The van der Waals surface area contributed by atoms with Crippen molar-refractivity contribution < 1.29 is 24.2 Å². The van der Waals surface area contributed by atoms with Gasteiger partial charge < -0.3 is 14.6 Å². The zero-order valence-corrected chi connectivity index (χ0v) is 13.2. The maximum absolute atomic E-state index is 12.1. The van der Waals surface area contributed by atoms with Crippen LogP contribution >= 0.6 is 0 Å². The molecule has 0 bridgehead atoms. The van der Waals surface area contributed by atoms with E-state index in [9.17, 15) is 9.59 Å². The summed E-state index contributed by atoms with van der Waals surface area (Å²) in [6.45, 7) is 5.37. The Morgan fingerprint density at radius 1 is 1.04 bits per heavy atom. The number of ether oxygens (including phenoxy) is 2. The number of hydrogen-bond acceptors (Lipinski definition) is 4. The van der Waals surface area contributed by atoms with Crippen molar-refractivity contribution in [1.29, 1.82) is 0 Å². The van der Waals surface area contributed by atoms with Gasteiger partial charge in [-0.05, 0) is 50.1 Å². The molecule has 1 unspecified atom stereocenters. The summed E-state index contributed by atoms with van der Waals surface area (Å²) in [5, 5.41) is 9.10. The second kappa shape index (κ2) is 6.96. The zero-order valence-electron chi connectivity index (χ0n) is 13.2. The molecule has 2 rings (SSSR count). The van der Waals surface area contributed by atoms with Crippen LogP contribution in [0.4, 0.5) is 0 Å². The van der Waals surface area contributed by atoms with E-state index in [-0.39, 0.29) is 11.3 Å². The van der Waals surface area contributed by atoms with Crippen LogP contribution in [0.5, 0.6) is 11.5 Å². The lowest BCUT2D eigenvalue weighted by Crippen LogP contribution is -2.29. The molecule has 0 saturated heterocycles. The Hall–Kier alpha value is -2.82. The van der Waals surface area contributed by atoms with Crippen molar-refractivity contribution >= 4 is 11.9 Å². The van der Waals surface area contributed by atoms with Crippen molar-refractivity contribution in [3.05, 3.63) is 59.2 Å². The van der Waals surface area contributed by atoms with Gasteiger partial charge >= 0.3 is 11.9 Å². The Morgan fingerprint density at radius 3 is 2.43 bits per heavy atom. The third kappa shape index (κ3) is 4.10. The van der Waals surface area contributed by atoms with Gasteiger partial charge in [-0.25, -0.2) is 9.59 Å². The number of carbonyl (C=O) groups is 2. The molecule has 0 aromatic heterocycles. The minimum absolute atomic E-state index is 0.00131. The first-order valence-corrected chi connectivity index (χ1v) is 7.16. The van der Waals surface area contributed by atoms with Gasteiger partial charge in [-0.2, -0.15) is 0 Å². The Kier molecular flexibility index (Phi) is 5.01. The van der Waals surface area contributed by atoms with Crippen LogP contribution in [0.2, 0.25) is 0 Å². The second-order valence-corrected chi connectivity index (χ2v) is 5.25. The summed E-state index contributed by atoms with van der Waals surface area (Å²) in [7, 11) is 0. The molecule has 0 radical (unpaired) electrons. The molecule has 0 spiro atoms. The average Bonchev–Trinajstić information content (AvgIpc) is 2.51.